The summed E-state index contributed by atoms with van der Waals surface area (Å²) in [4.78, 5) is 35.4. The molecule has 1 aliphatic rings. The fourth-order valence-electron chi connectivity index (χ4n) is 4.42. The van der Waals surface area contributed by atoms with Crippen molar-refractivity contribution in [2.24, 2.45) is 4.99 Å². The fourth-order valence-corrected chi connectivity index (χ4v) is 5.28. The Balaban J connectivity index is 1.22. The highest BCUT2D eigenvalue weighted by Crippen LogP contribution is 2.34. The number of carbonyl (C=O) groups excluding carboxylic acids is 2. The van der Waals surface area contributed by atoms with E-state index in [-0.39, 0.29) is 29.9 Å². The maximum atomic E-state index is 12.7. The number of ether oxygens (including phenoxy) is 1. The fraction of sp³-hybridized carbons (Fsp3) is 0.233. The molecule has 0 saturated carbocycles. The summed E-state index contributed by atoms with van der Waals surface area (Å²) in [5, 5.41) is 7.51. The van der Waals surface area contributed by atoms with E-state index in [1.807, 2.05) is 37.3 Å². The third-order valence-electron chi connectivity index (χ3n) is 6.49. The molecule has 1 fully saturated rings. The highest BCUT2D eigenvalue weighted by Gasteiger charge is 2.32. The average molecular weight is 609 g/mol. The van der Waals surface area contributed by atoms with E-state index in [9.17, 15) is 22.8 Å². The maximum Gasteiger partial charge on any atom is 0.573 e. The van der Waals surface area contributed by atoms with Crippen molar-refractivity contribution in [3.63, 3.8) is 0 Å². The average Bonchev–Trinajstić information content (AvgIpc) is 3.59. The van der Waals surface area contributed by atoms with Gasteiger partial charge in [-0.1, -0.05) is 67.6 Å². The number of halogens is 3. The summed E-state index contributed by atoms with van der Waals surface area (Å²) in [6, 6.07) is 17.8. The van der Waals surface area contributed by atoms with Gasteiger partial charge in [0.1, 0.15) is 12.1 Å². The lowest BCUT2D eigenvalue weighted by Gasteiger charge is -2.22. The molecule has 0 spiro atoms. The molecule has 1 aliphatic heterocycles. The molecule has 222 valence electrons. The number of anilines is 1. The number of benzene rings is 3. The molecule has 3 aromatic carbocycles. The number of thioether (sulfide) groups is 1. The van der Waals surface area contributed by atoms with Gasteiger partial charge >= 0.3 is 12.4 Å². The predicted octanol–water partition coefficient (Wildman–Crippen LogP) is 6.61. The molecule has 13 heteroatoms. The van der Waals surface area contributed by atoms with Crippen molar-refractivity contribution in [1.29, 1.82) is 0 Å². The molecule has 5 rings (SSSR count). The molecule has 1 aromatic heterocycles. The predicted molar refractivity (Wildman–Crippen MR) is 158 cm³/mol. The highest BCUT2D eigenvalue weighted by atomic mass is 32.2. The van der Waals surface area contributed by atoms with Crippen molar-refractivity contribution < 1.29 is 27.5 Å². The summed E-state index contributed by atoms with van der Waals surface area (Å²) in [6.45, 7) is 6.32. The molecule has 4 aromatic rings. The van der Waals surface area contributed by atoms with Gasteiger partial charge in [-0.15, -0.1) is 18.3 Å². The maximum absolute atomic E-state index is 12.7. The minimum Gasteiger partial charge on any atom is -0.406 e. The summed E-state index contributed by atoms with van der Waals surface area (Å²) >= 11 is 1.23. The number of aromatic nitrogens is 3. The van der Waals surface area contributed by atoms with Gasteiger partial charge in [0.15, 0.2) is 11.0 Å². The van der Waals surface area contributed by atoms with Crippen LogP contribution in [0.15, 0.2) is 78.0 Å². The van der Waals surface area contributed by atoms with Gasteiger partial charge in [0, 0.05) is 12.1 Å². The number of nitrogens with one attached hydrogen (secondary N) is 1. The van der Waals surface area contributed by atoms with Gasteiger partial charge in [-0.05, 0) is 54.3 Å². The highest BCUT2D eigenvalue weighted by molar-refractivity contribution is 8.15. The van der Waals surface area contributed by atoms with E-state index < -0.39 is 12.4 Å². The van der Waals surface area contributed by atoms with Gasteiger partial charge < -0.3 is 10.1 Å². The van der Waals surface area contributed by atoms with E-state index in [1.165, 1.54) is 51.9 Å². The number of hydrogen-bond acceptors (Lipinski definition) is 6. The van der Waals surface area contributed by atoms with Crippen molar-refractivity contribution >= 4 is 34.6 Å². The second-order valence-corrected chi connectivity index (χ2v) is 11.0. The molecule has 1 N–H and O–H groups in total. The van der Waals surface area contributed by atoms with E-state index >= 15 is 0 Å². The largest absolute Gasteiger partial charge is 0.573 e. The topological polar surface area (TPSA) is 102 Å². The van der Waals surface area contributed by atoms with Crippen molar-refractivity contribution in [2.75, 3.05) is 10.7 Å². The van der Waals surface area contributed by atoms with Crippen LogP contribution in [0.4, 0.5) is 23.7 Å². The second-order valence-electron chi connectivity index (χ2n) is 10.0. The summed E-state index contributed by atoms with van der Waals surface area (Å²) < 4.78 is 42.5. The first-order chi connectivity index (χ1) is 20.5. The molecular formula is C30H27F3N6O3S. The number of nitrogens with zero attached hydrogens (tertiary/aromatic N) is 5. The van der Waals surface area contributed by atoms with Crippen LogP contribution in [0.1, 0.15) is 36.5 Å². The Morgan fingerprint density at radius 1 is 1.09 bits per heavy atom. The first kappa shape index (κ1) is 29.8. The Morgan fingerprint density at radius 2 is 1.81 bits per heavy atom. The monoisotopic (exact) mass is 608 g/mol. The van der Waals surface area contributed by atoms with Crippen LogP contribution in [-0.4, -0.2) is 44.0 Å². The quantitative estimate of drug-likeness (QED) is 0.253. The van der Waals surface area contributed by atoms with Gasteiger partial charge in [0.25, 0.3) is 0 Å². The zero-order valence-electron chi connectivity index (χ0n) is 23.4. The van der Waals surface area contributed by atoms with Crippen LogP contribution in [0.25, 0.3) is 17.1 Å². The third kappa shape index (κ3) is 7.23. The minimum atomic E-state index is -4.76. The zero-order valence-corrected chi connectivity index (χ0v) is 24.2. The van der Waals surface area contributed by atoms with Crippen molar-refractivity contribution in [2.45, 2.75) is 39.6 Å². The van der Waals surface area contributed by atoms with Gasteiger partial charge in [0.2, 0.25) is 5.91 Å². The Kier molecular flexibility index (Phi) is 8.53. The van der Waals surface area contributed by atoms with E-state index in [2.05, 4.69) is 39.0 Å². The van der Waals surface area contributed by atoms with Crippen LogP contribution in [-0.2, 0) is 11.3 Å². The van der Waals surface area contributed by atoms with E-state index in [0.717, 1.165) is 22.4 Å². The Hall–Kier alpha value is -4.65. The zero-order chi connectivity index (χ0) is 30.7. The lowest BCUT2D eigenvalue weighted by atomic mass is 9.98. The smallest absolute Gasteiger partial charge is 0.406 e. The molecule has 0 atom stereocenters. The van der Waals surface area contributed by atoms with Crippen LogP contribution in [0, 0.1) is 6.92 Å². The normalized spacial score (nSPS) is 14.5. The molecule has 0 aliphatic carbocycles. The number of aryl methyl sites for hydroxylation is 1. The molecule has 0 unspecified atom stereocenters. The summed E-state index contributed by atoms with van der Waals surface area (Å²) in [6.07, 6.45) is -3.31. The number of rotatable bonds is 7. The third-order valence-corrected chi connectivity index (χ3v) is 7.41. The van der Waals surface area contributed by atoms with E-state index in [4.69, 9.17) is 0 Å². The Labute approximate surface area is 249 Å². The summed E-state index contributed by atoms with van der Waals surface area (Å²) in [7, 11) is 0. The van der Waals surface area contributed by atoms with Crippen LogP contribution in [0.2, 0.25) is 0 Å². The van der Waals surface area contributed by atoms with Crippen LogP contribution < -0.4 is 15.0 Å². The first-order valence-electron chi connectivity index (χ1n) is 13.3. The molecule has 2 heterocycles. The van der Waals surface area contributed by atoms with Crippen molar-refractivity contribution in [1.82, 2.24) is 20.1 Å². The van der Waals surface area contributed by atoms with Gasteiger partial charge in [-0.2, -0.15) is 4.99 Å². The Morgan fingerprint density at radius 3 is 2.49 bits per heavy atom. The number of amidine groups is 1. The van der Waals surface area contributed by atoms with Gasteiger partial charge in [-0.25, -0.2) is 14.5 Å². The van der Waals surface area contributed by atoms with Crippen LogP contribution in [0.5, 0.6) is 5.75 Å². The standard InChI is InChI=1S/C30H27F3N6O3S/c1-18(2)24-14-19(3)4-13-25(24)39-26(40)16-43-29(39)36-28(41)34-15-20-5-7-21(8-6-20)27-35-17-38(37-27)22-9-11-23(12-10-22)42-30(31,32)33/h4-14,17-18H,15-16H2,1-3H3,(H,34,41)/b36-29-. The number of carbonyl (C=O) groups is 2. The van der Waals surface area contributed by atoms with Gasteiger partial charge in [-0.3, -0.25) is 9.69 Å². The van der Waals surface area contributed by atoms with Crippen LogP contribution >= 0.6 is 11.8 Å². The molecule has 9 nitrogen and oxygen atoms in total. The molecular weight excluding hydrogens is 581 g/mol. The van der Waals surface area contributed by atoms with Gasteiger partial charge in [0.05, 0.1) is 17.1 Å². The van der Waals surface area contributed by atoms with E-state index in [1.54, 1.807) is 12.1 Å². The SMILES string of the molecule is Cc1ccc(N2C(=O)CS/C2=N\C(=O)NCc2ccc(-c3ncn(-c4ccc(OC(F)(F)F)cc4)n3)cc2)c(C(C)C)c1. The van der Waals surface area contributed by atoms with Crippen LogP contribution in [0.3, 0.4) is 0 Å². The lowest BCUT2D eigenvalue weighted by molar-refractivity contribution is -0.274. The molecule has 43 heavy (non-hydrogen) atoms. The number of amides is 3. The summed E-state index contributed by atoms with van der Waals surface area (Å²) in [5.74, 6) is 0.355. The second kappa shape index (κ2) is 12.3. The van der Waals surface area contributed by atoms with Crippen molar-refractivity contribution in [3.05, 3.63) is 89.7 Å². The number of hydrogen-bond donors (Lipinski definition) is 1. The van der Waals surface area contributed by atoms with Crippen molar-refractivity contribution in [3.8, 4) is 22.8 Å². The molecule has 1 saturated heterocycles. The summed E-state index contributed by atoms with van der Waals surface area (Å²) in [5.41, 5.74) is 4.87. The minimum absolute atomic E-state index is 0.124. The first-order valence-corrected chi connectivity index (χ1v) is 14.3. The lowest BCUT2D eigenvalue weighted by Crippen LogP contribution is -2.32. The number of urea groups is 1. The molecule has 3 amide bonds. The molecule has 0 bridgehead atoms. The number of aliphatic imine (C=N–C) groups is 1. The van der Waals surface area contributed by atoms with E-state index in [0.29, 0.717) is 22.2 Å². The number of alkyl halides is 3. The molecule has 0 radical (unpaired) electrons. The Bertz CT molecular complexity index is 1670.